The molecule has 7 heteroatoms. The largest absolute Gasteiger partial charge is 0.457 e. The second-order valence-corrected chi connectivity index (χ2v) is 5.46. The average Bonchev–Trinajstić information content (AvgIpc) is 3.19. The molecule has 0 saturated carbocycles. The Balaban J connectivity index is 1.64. The standard InChI is InChI=1S/C16H13N3O3S/c1-11-10-23-16(18-11)19-17-9-12-4-2-5-13(8-12)22-15(20)14-6-3-7-21-14/h2-10H,1H3,(H,18,19). The first-order chi connectivity index (χ1) is 11.2. The first-order valence-corrected chi connectivity index (χ1v) is 7.65. The monoisotopic (exact) mass is 327 g/mol. The Bertz CT molecular complexity index is 825. The van der Waals surface area contributed by atoms with Gasteiger partial charge in [0.1, 0.15) is 5.75 Å². The van der Waals surface area contributed by atoms with Gasteiger partial charge >= 0.3 is 5.97 Å². The number of ether oxygens (including phenoxy) is 1. The zero-order valence-electron chi connectivity index (χ0n) is 12.2. The lowest BCUT2D eigenvalue weighted by molar-refractivity contribution is 0.0701. The molecule has 0 amide bonds. The molecule has 23 heavy (non-hydrogen) atoms. The molecule has 0 bridgehead atoms. The summed E-state index contributed by atoms with van der Waals surface area (Å²) in [5.74, 6) is 0.0331. The molecule has 0 saturated heterocycles. The van der Waals surface area contributed by atoms with E-state index < -0.39 is 5.97 Å². The molecular weight excluding hydrogens is 314 g/mol. The molecule has 0 aliphatic heterocycles. The molecule has 3 rings (SSSR count). The minimum Gasteiger partial charge on any atom is -0.457 e. The van der Waals surface area contributed by atoms with Gasteiger partial charge in [-0.2, -0.15) is 5.10 Å². The van der Waals surface area contributed by atoms with Crippen molar-refractivity contribution in [3.63, 3.8) is 0 Å². The Morgan fingerprint density at radius 3 is 3.04 bits per heavy atom. The number of hydrogen-bond acceptors (Lipinski definition) is 7. The van der Waals surface area contributed by atoms with E-state index in [-0.39, 0.29) is 5.76 Å². The third-order valence-corrected chi connectivity index (χ3v) is 3.65. The fourth-order valence-corrected chi connectivity index (χ4v) is 2.41. The van der Waals surface area contributed by atoms with Crippen LogP contribution in [0.4, 0.5) is 5.13 Å². The quantitative estimate of drug-likeness (QED) is 0.334. The van der Waals surface area contributed by atoms with Crippen LogP contribution in [0.2, 0.25) is 0 Å². The molecule has 2 aromatic heterocycles. The maximum atomic E-state index is 11.8. The van der Waals surface area contributed by atoms with Crippen LogP contribution in [0.1, 0.15) is 21.8 Å². The normalized spacial score (nSPS) is 10.8. The number of benzene rings is 1. The average molecular weight is 327 g/mol. The summed E-state index contributed by atoms with van der Waals surface area (Å²) in [6.07, 6.45) is 3.05. The van der Waals surface area contributed by atoms with Crippen molar-refractivity contribution in [1.29, 1.82) is 0 Å². The molecule has 1 aromatic carbocycles. The van der Waals surface area contributed by atoms with Crippen LogP contribution in [0.3, 0.4) is 0 Å². The highest BCUT2D eigenvalue weighted by molar-refractivity contribution is 7.13. The summed E-state index contributed by atoms with van der Waals surface area (Å²) in [4.78, 5) is 16.1. The van der Waals surface area contributed by atoms with Crippen LogP contribution in [-0.2, 0) is 0 Å². The van der Waals surface area contributed by atoms with Gasteiger partial charge in [0.25, 0.3) is 0 Å². The van der Waals surface area contributed by atoms with Crippen molar-refractivity contribution in [2.24, 2.45) is 5.10 Å². The molecule has 0 aliphatic carbocycles. The number of carbonyl (C=O) groups excluding carboxylic acids is 1. The zero-order valence-corrected chi connectivity index (χ0v) is 13.0. The van der Waals surface area contributed by atoms with Crippen molar-refractivity contribution in [3.05, 3.63) is 65.1 Å². The summed E-state index contributed by atoms with van der Waals surface area (Å²) in [5, 5.41) is 6.77. The number of aryl methyl sites for hydroxylation is 1. The van der Waals surface area contributed by atoms with Crippen molar-refractivity contribution >= 4 is 28.7 Å². The predicted molar refractivity (Wildman–Crippen MR) is 88.2 cm³/mol. The lowest BCUT2D eigenvalue weighted by Gasteiger charge is -2.03. The van der Waals surface area contributed by atoms with Crippen LogP contribution in [-0.4, -0.2) is 17.2 Å². The summed E-state index contributed by atoms with van der Waals surface area (Å²) < 4.78 is 10.2. The minimum atomic E-state index is -0.541. The number of carbonyl (C=O) groups is 1. The van der Waals surface area contributed by atoms with Crippen LogP contribution >= 0.6 is 11.3 Å². The SMILES string of the molecule is Cc1csc(NN=Cc2cccc(OC(=O)c3ccco3)c2)n1. The van der Waals surface area contributed by atoms with Gasteiger partial charge in [0.15, 0.2) is 0 Å². The maximum absolute atomic E-state index is 11.8. The molecule has 0 atom stereocenters. The summed E-state index contributed by atoms with van der Waals surface area (Å²) in [6, 6.07) is 10.2. The van der Waals surface area contributed by atoms with Gasteiger partial charge in [0.05, 0.1) is 18.2 Å². The Kier molecular flexibility index (Phi) is 4.49. The van der Waals surface area contributed by atoms with Gasteiger partial charge in [0.2, 0.25) is 10.9 Å². The Morgan fingerprint density at radius 2 is 2.30 bits per heavy atom. The summed E-state index contributed by atoms with van der Waals surface area (Å²) >= 11 is 1.48. The number of nitrogens with one attached hydrogen (secondary N) is 1. The van der Waals surface area contributed by atoms with Crippen LogP contribution in [0, 0.1) is 6.92 Å². The molecule has 1 N–H and O–H groups in total. The van der Waals surface area contributed by atoms with Crippen LogP contribution in [0.5, 0.6) is 5.75 Å². The number of aromatic nitrogens is 1. The number of rotatable bonds is 5. The highest BCUT2D eigenvalue weighted by Crippen LogP contribution is 2.16. The van der Waals surface area contributed by atoms with Gasteiger partial charge in [-0.25, -0.2) is 9.78 Å². The highest BCUT2D eigenvalue weighted by atomic mass is 32.1. The lowest BCUT2D eigenvalue weighted by atomic mass is 10.2. The highest BCUT2D eigenvalue weighted by Gasteiger charge is 2.11. The lowest BCUT2D eigenvalue weighted by Crippen LogP contribution is -2.07. The van der Waals surface area contributed by atoms with Crippen molar-refractivity contribution in [3.8, 4) is 5.75 Å². The van der Waals surface area contributed by atoms with E-state index in [1.165, 1.54) is 17.6 Å². The van der Waals surface area contributed by atoms with Crippen LogP contribution in [0.25, 0.3) is 0 Å². The van der Waals surface area contributed by atoms with Gasteiger partial charge in [0, 0.05) is 5.38 Å². The minimum absolute atomic E-state index is 0.157. The van der Waals surface area contributed by atoms with Crippen molar-refractivity contribution in [1.82, 2.24) is 4.98 Å². The molecule has 0 aliphatic rings. The molecule has 0 radical (unpaired) electrons. The number of hydrazone groups is 1. The third kappa shape index (κ3) is 4.04. The first kappa shape index (κ1) is 15.0. The number of furan rings is 1. The topological polar surface area (TPSA) is 76.7 Å². The fourth-order valence-electron chi connectivity index (χ4n) is 1.78. The Hall–Kier alpha value is -2.93. The van der Waals surface area contributed by atoms with Crippen molar-refractivity contribution < 1.29 is 13.9 Å². The van der Waals surface area contributed by atoms with E-state index >= 15 is 0 Å². The van der Waals surface area contributed by atoms with Crippen LogP contribution in [0.15, 0.2) is 57.6 Å². The molecule has 6 nitrogen and oxygen atoms in total. The second-order valence-electron chi connectivity index (χ2n) is 4.60. The van der Waals surface area contributed by atoms with E-state index in [0.29, 0.717) is 5.75 Å². The van der Waals surface area contributed by atoms with Gasteiger partial charge < -0.3 is 9.15 Å². The van der Waals surface area contributed by atoms with Gasteiger partial charge in [-0.15, -0.1) is 11.3 Å². The smallest absolute Gasteiger partial charge is 0.379 e. The fraction of sp³-hybridized carbons (Fsp3) is 0.0625. The number of nitrogens with zero attached hydrogens (tertiary/aromatic N) is 2. The van der Waals surface area contributed by atoms with E-state index in [9.17, 15) is 4.79 Å². The Labute approximate surface area is 136 Å². The van der Waals surface area contributed by atoms with E-state index in [4.69, 9.17) is 9.15 Å². The van der Waals surface area contributed by atoms with E-state index in [1.54, 1.807) is 36.5 Å². The molecule has 0 fully saturated rings. The van der Waals surface area contributed by atoms with Crippen LogP contribution < -0.4 is 10.2 Å². The molecule has 0 spiro atoms. The number of hydrogen-bond donors (Lipinski definition) is 1. The molecule has 116 valence electrons. The van der Waals surface area contributed by atoms with E-state index in [1.807, 2.05) is 18.4 Å². The number of thiazole rings is 1. The molecule has 0 unspecified atom stereocenters. The van der Waals surface area contributed by atoms with Gasteiger partial charge in [-0.05, 0) is 36.8 Å². The Morgan fingerprint density at radius 1 is 1.39 bits per heavy atom. The van der Waals surface area contributed by atoms with Gasteiger partial charge in [-0.1, -0.05) is 12.1 Å². The number of esters is 1. The summed E-state index contributed by atoms with van der Waals surface area (Å²) in [5.41, 5.74) is 4.58. The molecular formula is C16H13N3O3S. The molecule has 2 heterocycles. The third-order valence-electron chi connectivity index (χ3n) is 2.78. The second kappa shape index (κ2) is 6.89. The number of anilines is 1. The maximum Gasteiger partial charge on any atom is 0.379 e. The van der Waals surface area contributed by atoms with Crippen molar-refractivity contribution in [2.45, 2.75) is 6.92 Å². The first-order valence-electron chi connectivity index (χ1n) is 6.78. The summed E-state index contributed by atoms with van der Waals surface area (Å²) in [7, 11) is 0. The van der Waals surface area contributed by atoms with E-state index in [2.05, 4.69) is 15.5 Å². The molecule has 3 aromatic rings. The summed E-state index contributed by atoms with van der Waals surface area (Å²) in [6.45, 7) is 1.92. The predicted octanol–water partition coefficient (Wildman–Crippen LogP) is 3.71. The van der Waals surface area contributed by atoms with Crippen molar-refractivity contribution in [2.75, 3.05) is 5.43 Å². The van der Waals surface area contributed by atoms with E-state index in [0.717, 1.165) is 16.4 Å². The van der Waals surface area contributed by atoms with Gasteiger partial charge in [-0.3, -0.25) is 5.43 Å². The zero-order chi connectivity index (χ0) is 16.1.